The molecule has 1 heterocycles. The average molecular weight is 395 g/mol. The number of piperidine rings is 1. The molecule has 1 aliphatic rings. The van der Waals surface area contributed by atoms with Gasteiger partial charge in [0.05, 0.1) is 5.92 Å². The van der Waals surface area contributed by atoms with Crippen molar-refractivity contribution in [1.82, 2.24) is 4.90 Å². The quantitative estimate of drug-likeness (QED) is 0.727. The largest absolute Gasteiger partial charge is 0.315 e. The fraction of sp³-hybridized carbons (Fsp3) is 0.350. The number of rotatable bonds is 4. The molecule has 1 amide bonds. The Morgan fingerprint density at radius 1 is 1.19 bits per heavy atom. The Morgan fingerprint density at radius 3 is 2.50 bits per heavy atom. The van der Waals surface area contributed by atoms with Crippen LogP contribution in [0.2, 0.25) is 10.0 Å². The van der Waals surface area contributed by atoms with E-state index in [0.29, 0.717) is 28.8 Å². The lowest BCUT2D eigenvalue weighted by atomic mass is 9.96. The molecular weight excluding hydrogens is 374 g/mol. The molecule has 1 fully saturated rings. The summed E-state index contributed by atoms with van der Waals surface area (Å²) in [7, 11) is 1.74. The number of halogens is 3. The lowest BCUT2D eigenvalue weighted by molar-refractivity contribution is -0.123. The molecular formula is C20H21Cl2FN2O. The normalized spacial score (nSPS) is 17.9. The summed E-state index contributed by atoms with van der Waals surface area (Å²) in [5.41, 5.74) is 1.60. The van der Waals surface area contributed by atoms with E-state index in [1.807, 2.05) is 18.2 Å². The third-order valence-electron chi connectivity index (χ3n) is 4.84. The summed E-state index contributed by atoms with van der Waals surface area (Å²) in [6, 6.07) is 11.5. The average Bonchev–Trinajstić information content (AvgIpc) is 2.64. The maximum atomic E-state index is 13.1. The molecule has 0 saturated carbocycles. The predicted octanol–water partition coefficient (Wildman–Crippen LogP) is 5.01. The third-order valence-corrected chi connectivity index (χ3v) is 5.55. The van der Waals surface area contributed by atoms with E-state index in [1.165, 1.54) is 12.1 Å². The second-order valence-corrected chi connectivity index (χ2v) is 7.46. The van der Waals surface area contributed by atoms with Crippen LogP contribution in [0.15, 0.2) is 42.5 Å². The SMILES string of the molecule is CN(C(=O)[C@H]1CCCN(Cc2c(Cl)cccc2Cl)C1)c1ccc(F)cc1. The van der Waals surface area contributed by atoms with Crippen LogP contribution in [-0.4, -0.2) is 30.9 Å². The van der Waals surface area contributed by atoms with Crippen molar-refractivity contribution in [2.24, 2.45) is 5.92 Å². The number of anilines is 1. The number of benzene rings is 2. The Labute approximate surface area is 163 Å². The van der Waals surface area contributed by atoms with Crippen molar-refractivity contribution in [3.63, 3.8) is 0 Å². The molecule has 26 heavy (non-hydrogen) atoms. The van der Waals surface area contributed by atoms with E-state index in [0.717, 1.165) is 24.9 Å². The van der Waals surface area contributed by atoms with Crippen molar-refractivity contribution >= 4 is 34.8 Å². The van der Waals surface area contributed by atoms with Crippen molar-refractivity contribution in [1.29, 1.82) is 0 Å². The summed E-state index contributed by atoms with van der Waals surface area (Å²) < 4.78 is 13.1. The first-order valence-electron chi connectivity index (χ1n) is 8.64. The van der Waals surface area contributed by atoms with Gasteiger partial charge in [0, 0.05) is 41.4 Å². The number of carbonyl (C=O) groups is 1. The molecule has 1 saturated heterocycles. The van der Waals surface area contributed by atoms with Gasteiger partial charge in [-0.1, -0.05) is 29.3 Å². The number of hydrogen-bond acceptors (Lipinski definition) is 2. The second kappa shape index (κ2) is 8.38. The van der Waals surface area contributed by atoms with Crippen LogP contribution in [0.5, 0.6) is 0 Å². The summed E-state index contributed by atoms with van der Waals surface area (Å²) in [4.78, 5) is 16.7. The molecule has 2 aromatic carbocycles. The predicted molar refractivity (Wildman–Crippen MR) is 104 cm³/mol. The molecule has 2 aromatic rings. The van der Waals surface area contributed by atoms with Crippen molar-refractivity contribution in [2.75, 3.05) is 25.0 Å². The van der Waals surface area contributed by atoms with Crippen LogP contribution in [0.1, 0.15) is 18.4 Å². The molecule has 0 radical (unpaired) electrons. The molecule has 0 bridgehead atoms. The van der Waals surface area contributed by atoms with Crippen molar-refractivity contribution in [3.05, 3.63) is 63.9 Å². The van der Waals surface area contributed by atoms with Crippen LogP contribution in [0.4, 0.5) is 10.1 Å². The lowest BCUT2D eigenvalue weighted by Gasteiger charge is -2.34. The molecule has 1 aliphatic heterocycles. The van der Waals surface area contributed by atoms with Crippen molar-refractivity contribution in [3.8, 4) is 0 Å². The second-order valence-electron chi connectivity index (χ2n) is 6.65. The van der Waals surface area contributed by atoms with Gasteiger partial charge in [-0.3, -0.25) is 9.69 Å². The Bertz CT molecular complexity index is 762. The van der Waals surface area contributed by atoms with Gasteiger partial charge < -0.3 is 4.90 Å². The molecule has 0 N–H and O–H groups in total. The van der Waals surface area contributed by atoms with Gasteiger partial charge in [0.1, 0.15) is 5.82 Å². The monoisotopic (exact) mass is 394 g/mol. The Kier molecular flexibility index (Phi) is 6.17. The van der Waals surface area contributed by atoms with Gasteiger partial charge in [-0.2, -0.15) is 0 Å². The molecule has 0 spiro atoms. The van der Waals surface area contributed by atoms with Crippen LogP contribution in [-0.2, 0) is 11.3 Å². The van der Waals surface area contributed by atoms with E-state index in [-0.39, 0.29) is 17.6 Å². The fourth-order valence-corrected chi connectivity index (χ4v) is 3.89. The van der Waals surface area contributed by atoms with Crippen molar-refractivity contribution < 1.29 is 9.18 Å². The Hall–Kier alpha value is -1.62. The van der Waals surface area contributed by atoms with Crippen molar-refractivity contribution in [2.45, 2.75) is 19.4 Å². The number of carbonyl (C=O) groups excluding carboxylic acids is 1. The van der Waals surface area contributed by atoms with Gasteiger partial charge in [0.15, 0.2) is 0 Å². The van der Waals surface area contributed by atoms with Crippen LogP contribution >= 0.6 is 23.2 Å². The molecule has 3 nitrogen and oxygen atoms in total. The van der Waals surface area contributed by atoms with E-state index in [4.69, 9.17) is 23.2 Å². The highest BCUT2D eigenvalue weighted by Gasteiger charge is 2.29. The van der Waals surface area contributed by atoms with E-state index in [1.54, 1.807) is 24.1 Å². The molecule has 1 atom stereocenters. The zero-order valence-corrected chi connectivity index (χ0v) is 16.1. The molecule has 0 aliphatic carbocycles. The van der Waals surface area contributed by atoms with Crippen LogP contribution in [0, 0.1) is 11.7 Å². The van der Waals surface area contributed by atoms with Crippen LogP contribution < -0.4 is 4.90 Å². The maximum Gasteiger partial charge on any atom is 0.231 e. The summed E-state index contributed by atoms with van der Waals surface area (Å²) >= 11 is 12.5. The van der Waals surface area contributed by atoms with Crippen LogP contribution in [0.3, 0.4) is 0 Å². The molecule has 0 unspecified atom stereocenters. The third kappa shape index (κ3) is 4.37. The van der Waals surface area contributed by atoms with E-state index in [2.05, 4.69) is 4.90 Å². The first-order valence-corrected chi connectivity index (χ1v) is 9.39. The minimum atomic E-state index is -0.310. The molecule has 6 heteroatoms. The Morgan fingerprint density at radius 2 is 1.85 bits per heavy atom. The number of likely N-dealkylation sites (tertiary alicyclic amines) is 1. The maximum absolute atomic E-state index is 13.1. The van der Waals surface area contributed by atoms with Crippen LogP contribution in [0.25, 0.3) is 0 Å². The highest BCUT2D eigenvalue weighted by atomic mass is 35.5. The van der Waals surface area contributed by atoms with Gasteiger partial charge in [0.25, 0.3) is 0 Å². The standard InChI is InChI=1S/C20H21Cl2FN2O/c1-24(16-9-7-15(23)8-10-16)20(26)14-4-3-11-25(12-14)13-17-18(21)5-2-6-19(17)22/h2,5-10,14H,3-4,11-13H2,1H3/t14-/m0/s1. The smallest absolute Gasteiger partial charge is 0.231 e. The minimum Gasteiger partial charge on any atom is -0.315 e. The zero-order chi connectivity index (χ0) is 18.7. The highest BCUT2D eigenvalue weighted by Crippen LogP contribution is 2.28. The summed E-state index contributed by atoms with van der Waals surface area (Å²) in [6.07, 6.45) is 1.78. The topological polar surface area (TPSA) is 23.6 Å². The summed E-state index contributed by atoms with van der Waals surface area (Å²) in [5, 5.41) is 1.30. The minimum absolute atomic E-state index is 0.0477. The van der Waals surface area contributed by atoms with Gasteiger partial charge in [-0.05, 0) is 55.8 Å². The van der Waals surface area contributed by atoms with E-state index in [9.17, 15) is 9.18 Å². The lowest BCUT2D eigenvalue weighted by Crippen LogP contribution is -2.43. The number of nitrogens with zero attached hydrogens (tertiary/aromatic N) is 2. The molecule has 3 rings (SSSR count). The van der Waals surface area contributed by atoms with E-state index >= 15 is 0 Å². The summed E-state index contributed by atoms with van der Waals surface area (Å²) in [5.74, 6) is -0.360. The van der Waals surface area contributed by atoms with Gasteiger partial charge in [-0.15, -0.1) is 0 Å². The number of amides is 1. The number of hydrogen-bond donors (Lipinski definition) is 0. The fourth-order valence-electron chi connectivity index (χ4n) is 3.37. The first kappa shape index (κ1) is 19.2. The Balaban J connectivity index is 1.68. The van der Waals surface area contributed by atoms with E-state index < -0.39 is 0 Å². The van der Waals surface area contributed by atoms with Gasteiger partial charge in [0.2, 0.25) is 5.91 Å². The van der Waals surface area contributed by atoms with Gasteiger partial charge >= 0.3 is 0 Å². The molecule has 0 aromatic heterocycles. The zero-order valence-electron chi connectivity index (χ0n) is 14.6. The highest BCUT2D eigenvalue weighted by molar-refractivity contribution is 6.35. The molecule has 138 valence electrons. The first-order chi connectivity index (χ1) is 12.5. The van der Waals surface area contributed by atoms with Gasteiger partial charge in [-0.25, -0.2) is 4.39 Å². The summed E-state index contributed by atoms with van der Waals surface area (Å²) in [6.45, 7) is 2.19.